The lowest BCUT2D eigenvalue weighted by Crippen LogP contribution is -2.24. The molecule has 1 heterocycles. The quantitative estimate of drug-likeness (QED) is 0.499. The normalized spacial score (nSPS) is 10.7. The fourth-order valence-corrected chi connectivity index (χ4v) is 2.51. The summed E-state index contributed by atoms with van der Waals surface area (Å²) in [5, 5.41) is 14.3. The van der Waals surface area contributed by atoms with Crippen molar-refractivity contribution in [1.29, 1.82) is 0 Å². The van der Waals surface area contributed by atoms with E-state index in [1.54, 1.807) is 6.07 Å². The first-order valence-corrected chi connectivity index (χ1v) is 7.53. The molecule has 7 nitrogen and oxygen atoms in total. The maximum atomic E-state index is 11.6. The molecule has 0 aliphatic heterocycles. The minimum atomic E-state index is -0.474. The van der Waals surface area contributed by atoms with Crippen molar-refractivity contribution >= 4 is 28.5 Å². The molecule has 0 aliphatic carbocycles. The fourth-order valence-electron chi connectivity index (χ4n) is 1.81. The molecule has 0 saturated heterocycles. The Kier molecular flexibility index (Phi) is 5.42. The van der Waals surface area contributed by atoms with Crippen molar-refractivity contribution in [3.8, 4) is 5.75 Å². The van der Waals surface area contributed by atoms with E-state index in [4.69, 9.17) is 4.74 Å². The molecule has 2 aromatic rings. The van der Waals surface area contributed by atoms with E-state index >= 15 is 0 Å². The summed E-state index contributed by atoms with van der Waals surface area (Å²) in [4.78, 5) is 22.3. The van der Waals surface area contributed by atoms with Gasteiger partial charge < -0.3 is 4.74 Å². The average Bonchev–Trinajstić information content (AvgIpc) is 2.95. The molecule has 120 valence electrons. The zero-order valence-electron chi connectivity index (χ0n) is 12.6. The fraction of sp³-hybridized carbons (Fsp3) is 0.200. The SMILES string of the molecule is Cc1ccc(OCC(=O)N/N=C\c2ccc([N+](=O)[O-])s2)c(C)c1. The highest BCUT2D eigenvalue weighted by Gasteiger charge is 2.08. The smallest absolute Gasteiger partial charge is 0.324 e. The van der Waals surface area contributed by atoms with Crippen LogP contribution in [-0.2, 0) is 4.79 Å². The zero-order valence-corrected chi connectivity index (χ0v) is 13.4. The molecule has 1 amide bonds. The number of benzene rings is 1. The van der Waals surface area contributed by atoms with Crippen LogP contribution in [0.2, 0.25) is 0 Å². The molecule has 1 aromatic carbocycles. The maximum Gasteiger partial charge on any atom is 0.324 e. The predicted octanol–water partition coefficient (Wildman–Crippen LogP) is 2.80. The standard InChI is InChI=1S/C15H15N3O4S/c1-10-3-5-13(11(2)7-10)22-9-14(19)17-16-8-12-4-6-15(23-12)18(20)21/h3-8H,9H2,1-2H3,(H,17,19)/b16-8-. The van der Waals surface area contributed by atoms with Gasteiger partial charge in [-0.15, -0.1) is 0 Å². The van der Waals surface area contributed by atoms with Gasteiger partial charge in [0, 0.05) is 6.07 Å². The molecule has 1 aromatic heterocycles. The van der Waals surface area contributed by atoms with E-state index in [2.05, 4.69) is 10.5 Å². The molecule has 0 fully saturated rings. The number of amides is 1. The number of rotatable bonds is 6. The van der Waals surface area contributed by atoms with Crippen LogP contribution in [-0.4, -0.2) is 23.7 Å². The molecule has 0 unspecified atom stereocenters. The van der Waals surface area contributed by atoms with Gasteiger partial charge in [0.2, 0.25) is 0 Å². The number of nitrogens with one attached hydrogen (secondary N) is 1. The van der Waals surface area contributed by atoms with Gasteiger partial charge in [-0.2, -0.15) is 5.10 Å². The zero-order chi connectivity index (χ0) is 16.8. The Morgan fingerprint density at radius 3 is 2.83 bits per heavy atom. The molecule has 8 heteroatoms. The van der Waals surface area contributed by atoms with E-state index in [1.165, 1.54) is 12.3 Å². The third kappa shape index (κ3) is 4.89. The number of ether oxygens (including phenoxy) is 1. The molecule has 0 spiro atoms. The van der Waals surface area contributed by atoms with Crippen LogP contribution in [0.4, 0.5) is 5.00 Å². The van der Waals surface area contributed by atoms with Crippen molar-refractivity contribution in [2.24, 2.45) is 5.10 Å². The topological polar surface area (TPSA) is 93.8 Å². The van der Waals surface area contributed by atoms with Gasteiger partial charge in [0.25, 0.3) is 5.91 Å². The summed E-state index contributed by atoms with van der Waals surface area (Å²) < 4.78 is 5.42. The summed E-state index contributed by atoms with van der Waals surface area (Å²) in [6, 6.07) is 8.63. The first-order chi connectivity index (χ1) is 11.0. The number of aryl methyl sites for hydroxylation is 2. The highest BCUT2D eigenvalue weighted by molar-refractivity contribution is 7.16. The lowest BCUT2D eigenvalue weighted by atomic mass is 10.1. The Hall–Kier alpha value is -2.74. The average molecular weight is 333 g/mol. The Morgan fingerprint density at radius 2 is 2.17 bits per heavy atom. The second-order valence-electron chi connectivity index (χ2n) is 4.78. The van der Waals surface area contributed by atoms with Gasteiger partial charge in [0.05, 0.1) is 16.0 Å². The summed E-state index contributed by atoms with van der Waals surface area (Å²) in [6.07, 6.45) is 1.35. The van der Waals surface area contributed by atoms with Crippen molar-refractivity contribution in [2.45, 2.75) is 13.8 Å². The Balaban J connectivity index is 1.82. The molecule has 23 heavy (non-hydrogen) atoms. The minimum absolute atomic E-state index is 0.0240. The first-order valence-electron chi connectivity index (χ1n) is 6.72. The summed E-state index contributed by atoms with van der Waals surface area (Å²) in [7, 11) is 0. The second-order valence-corrected chi connectivity index (χ2v) is 5.88. The van der Waals surface area contributed by atoms with Crippen molar-refractivity contribution in [1.82, 2.24) is 5.43 Å². The number of thiophene rings is 1. The van der Waals surface area contributed by atoms with E-state index in [0.29, 0.717) is 10.6 Å². The van der Waals surface area contributed by atoms with Crippen molar-refractivity contribution in [2.75, 3.05) is 6.61 Å². The Morgan fingerprint density at radius 1 is 1.39 bits per heavy atom. The number of nitro groups is 1. The van der Waals surface area contributed by atoms with Crippen LogP contribution in [0.25, 0.3) is 0 Å². The number of hydrazone groups is 1. The van der Waals surface area contributed by atoms with Crippen molar-refractivity contribution in [3.05, 3.63) is 56.5 Å². The lowest BCUT2D eigenvalue weighted by Gasteiger charge is -2.08. The van der Waals surface area contributed by atoms with Crippen LogP contribution in [0.1, 0.15) is 16.0 Å². The summed E-state index contributed by atoms with van der Waals surface area (Å²) in [5.74, 6) is 0.232. The van der Waals surface area contributed by atoms with E-state index in [0.717, 1.165) is 22.5 Å². The molecule has 0 atom stereocenters. The van der Waals surface area contributed by atoms with Crippen LogP contribution >= 0.6 is 11.3 Å². The lowest BCUT2D eigenvalue weighted by molar-refractivity contribution is -0.380. The summed E-state index contributed by atoms with van der Waals surface area (Å²) in [5.41, 5.74) is 4.38. The van der Waals surface area contributed by atoms with Gasteiger partial charge in [-0.1, -0.05) is 29.0 Å². The molecular formula is C15H15N3O4S. The Labute approximate surface area is 136 Å². The number of hydrogen-bond acceptors (Lipinski definition) is 6. The van der Waals surface area contributed by atoms with Crippen LogP contribution in [0.5, 0.6) is 5.75 Å². The van der Waals surface area contributed by atoms with Gasteiger partial charge >= 0.3 is 5.00 Å². The van der Waals surface area contributed by atoms with Crippen LogP contribution in [0, 0.1) is 24.0 Å². The summed E-state index contributed by atoms with van der Waals surface area (Å²) >= 11 is 0.975. The number of carbonyl (C=O) groups excluding carboxylic acids is 1. The van der Waals surface area contributed by atoms with Crippen molar-refractivity contribution < 1.29 is 14.5 Å². The van der Waals surface area contributed by atoms with Crippen LogP contribution < -0.4 is 10.2 Å². The second kappa shape index (κ2) is 7.50. The van der Waals surface area contributed by atoms with Gasteiger partial charge in [-0.3, -0.25) is 14.9 Å². The largest absolute Gasteiger partial charge is 0.483 e. The molecule has 0 radical (unpaired) electrons. The first kappa shape index (κ1) is 16.6. The molecule has 0 saturated carbocycles. The monoisotopic (exact) mass is 333 g/mol. The van der Waals surface area contributed by atoms with E-state index < -0.39 is 10.8 Å². The maximum absolute atomic E-state index is 11.6. The third-order valence-electron chi connectivity index (χ3n) is 2.86. The summed E-state index contributed by atoms with van der Waals surface area (Å²) in [6.45, 7) is 3.72. The van der Waals surface area contributed by atoms with Crippen LogP contribution in [0.3, 0.4) is 0 Å². The van der Waals surface area contributed by atoms with E-state index in [-0.39, 0.29) is 11.6 Å². The van der Waals surface area contributed by atoms with Crippen molar-refractivity contribution in [3.63, 3.8) is 0 Å². The van der Waals surface area contributed by atoms with Gasteiger partial charge in [-0.25, -0.2) is 5.43 Å². The minimum Gasteiger partial charge on any atom is -0.483 e. The molecule has 1 N–H and O–H groups in total. The number of nitrogens with zero attached hydrogens (tertiary/aromatic N) is 2. The van der Waals surface area contributed by atoms with Crippen LogP contribution in [0.15, 0.2) is 35.4 Å². The third-order valence-corrected chi connectivity index (χ3v) is 3.83. The molecule has 0 aliphatic rings. The van der Waals surface area contributed by atoms with E-state index in [1.807, 2.05) is 32.0 Å². The number of carbonyl (C=O) groups is 1. The van der Waals surface area contributed by atoms with Gasteiger partial charge in [0.1, 0.15) is 5.75 Å². The molecular weight excluding hydrogens is 318 g/mol. The van der Waals surface area contributed by atoms with E-state index in [9.17, 15) is 14.9 Å². The highest BCUT2D eigenvalue weighted by atomic mass is 32.1. The molecule has 0 bridgehead atoms. The predicted molar refractivity (Wildman–Crippen MR) is 88.1 cm³/mol. The van der Waals surface area contributed by atoms with Gasteiger partial charge in [0.15, 0.2) is 6.61 Å². The van der Waals surface area contributed by atoms with Gasteiger partial charge in [-0.05, 0) is 31.5 Å². The molecule has 2 rings (SSSR count). The highest BCUT2D eigenvalue weighted by Crippen LogP contribution is 2.22. The Bertz CT molecular complexity index is 755. The number of hydrogen-bond donors (Lipinski definition) is 1.